The molecule has 0 spiro atoms. The van der Waals surface area contributed by atoms with E-state index in [-0.39, 0.29) is 0 Å². The van der Waals surface area contributed by atoms with Gasteiger partial charge in [0, 0.05) is 6.26 Å². The second-order valence-electron chi connectivity index (χ2n) is 0.722. The van der Waals surface area contributed by atoms with Crippen LogP contribution in [0.15, 0.2) is 9.63 Å². The van der Waals surface area contributed by atoms with Crippen molar-refractivity contribution in [2.24, 2.45) is 9.63 Å². The predicted octanol–water partition coefficient (Wildman–Crippen LogP) is 1.74. The highest BCUT2D eigenvalue weighted by Crippen LogP contribution is 1.91. The minimum atomic E-state index is 0.792. The molecule has 3 heteroatoms. The highest BCUT2D eigenvalue weighted by Gasteiger charge is 1.60. The molecule has 0 unspecified atom stereocenters. The summed E-state index contributed by atoms with van der Waals surface area (Å²) in [5.74, 6) is 0. The van der Waals surface area contributed by atoms with Crippen LogP contribution in [-0.4, -0.2) is 12.8 Å². The normalized spacial score (nSPS) is 10.3. The summed E-state index contributed by atoms with van der Waals surface area (Å²) in [4.78, 5) is 0. The molecule has 0 rings (SSSR count). The molecule has 0 aromatic heterocycles. The summed E-state index contributed by atoms with van der Waals surface area (Å²) in [7, 11) is 0. The first-order chi connectivity index (χ1) is 2.91. The van der Waals surface area contributed by atoms with Crippen LogP contribution in [0.4, 0.5) is 0 Å². The smallest absolute Gasteiger partial charge is 0.0581 e. The molecule has 0 N–H and O–H groups in total. The van der Waals surface area contributed by atoms with Crippen molar-refractivity contribution in [3.63, 3.8) is 0 Å². The Balaban J connectivity index is 2.73. The largest absolute Gasteiger partial charge is 0.182 e. The molecular formula is C3H8N2S. The minimum Gasteiger partial charge on any atom is -0.182 e. The van der Waals surface area contributed by atoms with E-state index in [1.807, 2.05) is 13.2 Å². The van der Waals surface area contributed by atoms with Gasteiger partial charge in [-0.2, -0.15) is 5.11 Å². The zero-order valence-electron chi connectivity index (χ0n) is 4.01. The molecule has 0 bridgehead atoms. The van der Waals surface area contributed by atoms with Gasteiger partial charge in [-0.25, -0.2) is 0 Å². The SMILES string of the molecule is CCN=NSC. The van der Waals surface area contributed by atoms with Gasteiger partial charge in [0.05, 0.1) is 6.54 Å². The van der Waals surface area contributed by atoms with Crippen molar-refractivity contribution in [2.75, 3.05) is 12.8 Å². The Labute approximate surface area is 42.2 Å². The van der Waals surface area contributed by atoms with Gasteiger partial charge in [-0.1, -0.05) is 0 Å². The third-order valence-electron chi connectivity index (χ3n) is 0.281. The number of hydrogen-bond donors (Lipinski definition) is 0. The van der Waals surface area contributed by atoms with Gasteiger partial charge in [0.2, 0.25) is 0 Å². The molecule has 6 heavy (non-hydrogen) atoms. The molecule has 0 aliphatic carbocycles. The van der Waals surface area contributed by atoms with Crippen LogP contribution in [-0.2, 0) is 0 Å². The summed E-state index contributed by atoms with van der Waals surface area (Å²) in [6, 6.07) is 0. The van der Waals surface area contributed by atoms with Crippen molar-refractivity contribution in [3.8, 4) is 0 Å². The van der Waals surface area contributed by atoms with Crippen LogP contribution < -0.4 is 0 Å². The third kappa shape index (κ3) is 3.95. The van der Waals surface area contributed by atoms with E-state index in [1.54, 1.807) is 0 Å². The van der Waals surface area contributed by atoms with Crippen LogP contribution in [0.5, 0.6) is 0 Å². The Morgan fingerprint density at radius 3 is 2.50 bits per heavy atom. The predicted molar refractivity (Wildman–Crippen MR) is 28.9 cm³/mol. The fraction of sp³-hybridized carbons (Fsp3) is 1.00. The summed E-state index contributed by atoms with van der Waals surface area (Å²) in [5, 5.41) is 3.68. The second kappa shape index (κ2) is 4.95. The molecule has 0 aromatic rings. The summed E-state index contributed by atoms with van der Waals surface area (Å²) in [6.45, 7) is 2.75. The van der Waals surface area contributed by atoms with E-state index in [2.05, 4.69) is 9.63 Å². The summed E-state index contributed by atoms with van der Waals surface area (Å²) in [5.41, 5.74) is 0. The van der Waals surface area contributed by atoms with E-state index >= 15 is 0 Å². The highest BCUT2D eigenvalue weighted by atomic mass is 32.2. The molecule has 0 aliphatic heterocycles. The maximum atomic E-state index is 3.68. The van der Waals surface area contributed by atoms with Crippen molar-refractivity contribution in [3.05, 3.63) is 0 Å². The molecule has 0 fully saturated rings. The zero-order valence-corrected chi connectivity index (χ0v) is 4.83. The number of rotatable bonds is 2. The Morgan fingerprint density at radius 2 is 2.33 bits per heavy atom. The lowest BCUT2D eigenvalue weighted by Gasteiger charge is -1.72. The van der Waals surface area contributed by atoms with Crippen LogP contribution >= 0.6 is 11.9 Å². The van der Waals surface area contributed by atoms with Gasteiger partial charge < -0.3 is 0 Å². The Hall–Kier alpha value is -0.0500. The quantitative estimate of drug-likeness (QED) is 0.387. The number of hydrogen-bond acceptors (Lipinski definition) is 3. The van der Waals surface area contributed by atoms with Crippen LogP contribution in [0, 0.1) is 0 Å². The molecule has 0 saturated carbocycles. The maximum Gasteiger partial charge on any atom is 0.0581 e. The second-order valence-corrected chi connectivity index (χ2v) is 1.25. The molecule has 0 atom stereocenters. The van der Waals surface area contributed by atoms with Crippen molar-refractivity contribution in [1.82, 2.24) is 0 Å². The van der Waals surface area contributed by atoms with Crippen LogP contribution in [0.3, 0.4) is 0 Å². The van der Waals surface area contributed by atoms with E-state index in [0.29, 0.717) is 0 Å². The fourth-order valence-electron chi connectivity index (χ4n) is 0.115. The van der Waals surface area contributed by atoms with Crippen molar-refractivity contribution in [1.29, 1.82) is 0 Å². The lowest BCUT2D eigenvalue weighted by atomic mass is 10.8. The lowest BCUT2D eigenvalue weighted by molar-refractivity contribution is 1.04. The van der Waals surface area contributed by atoms with E-state index in [0.717, 1.165) is 6.54 Å². The molecule has 0 aromatic carbocycles. The molecule has 0 amide bonds. The molecule has 0 saturated heterocycles. The molecule has 0 aliphatic rings. The van der Waals surface area contributed by atoms with Crippen molar-refractivity contribution in [2.45, 2.75) is 6.92 Å². The van der Waals surface area contributed by atoms with Crippen LogP contribution in [0.2, 0.25) is 0 Å². The maximum absolute atomic E-state index is 3.68. The fourth-order valence-corrected chi connectivity index (χ4v) is 0.346. The highest BCUT2D eigenvalue weighted by molar-refractivity contribution is 7.97. The van der Waals surface area contributed by atoms with Crippen LogP contribution in [0.25, 0.3) is 0 Å². The standard InChI is InChI=1S/C3H8N2S/c1-3-4-5-6-2/h3H2,1-2H3. The van der Waals surface area contributed by atoms with E-state index in [9.17, 15) is 0 Å². The van der Waals surface area contributed by atoms with Gasteiger partial charge in [0.15, 0.2) is 0 Å². The Bertz CT molecular complexity index is 38.1. The number of nitrogens with zero attached hydrogens (tertiary/aromatic N) is 2. The van der Waals surface area contributed by atoms with Gasteiger partial charge in [-0.05, 0) is 18.9 Å². The van der Waals surface area contributed by atoms with E-state index in [1.165, 1.54) is 11.9 Å². The van der Waals surface area contributed by atoms with Gasteiger partial charge in [0.25, 0.3) is 0 Å². The Kier molecular flexibility index (Phi) is 4.91. The molecule has 0 heterocycles. The van der Waals surface area contributed by atoms with E-state index < -0.39 is 0 Å². The third-order valence-corrected chi connectivity index (χ3v) is 0.560. The van der Waals surface area contributed by atoms with Crippen LogP contribution in [0.1, 0.15) is 6.92 Å². The summed E-state index contributed by atoms with van der Waals surface area (Å²) < 4.78 is 3.63. The first kappa shape index (κ1) is 5.95. The average Bonchev–Trinajstić information content (AvgIpc) is 1.61. The molecule has 36 valence electrons. The van der Waals surface area contributed by atoms with Gasteiger partial charge in [-0.3, -0.25) is 0 Å². The molecular weight excluding hydrogens is 96.1 g/mol. The summed E-state index contributed by atoms with van der Waals surface area (Å²) in [6.07, 6.45) is 1.89. The van der Waals surface area contributed by atoms with Gasteiger partial charge in [0.1, 0.15) is 0 Å². The monoisotopic (exact) mass is 104 g/mol. The Morgan fingerprint density at radius 1 is 1.67 bits per heavy atom. The molecule has 2 nitrogen and oxygen atoms in total. The topological polar surface area (TPSA) is 24.7 Å². The van der Waals surface area contributed by atoms with Gasteiger partial charge >= 0.3 is 0 Å². The first-order valence-electron chi connectivity index (χ1n) is 1.81. The molecule has 0 radical (unpaired) electrons. The first-order valence-corrected chi connectivity index (χ1v) is 3.00. The average molecular weight is 104 g/mol. The van der Waals surface area contributed by atoms with E-state index in [4.69, 9.17) is 0 Å². The van der Waals surface area contributed by atoms with Gasteiger partial charge in [-0.15, -0.1) is 4.52 Å². The zero-order chi connectivity index (χ0) is 4.83. The lowest BCUT2D eigenvalue weighted by Crippen LogP contribution is -1.57. The summed E-state index contributed by atoms with van der Waals surface area (Å²) >= 11 is 1.38. The van der Waals surface area contributed by atoms with Crippen molar-refractivity contribution >= 4 is 11.9 Å². The minimum absolute atomic E-state index is 0.792. The van der Waals surface area contributed by atoms with Crippen molar-refractivity contribution < 1.29 is 0 Å².